The second-order valence-electron chi connectivity index (χ2n) is 4.07. The Morgan fingerprint density at radius 1 is 1.42 bits per heavy atom. The zero-order valence-electron chi connectivity index (χ0n) is 10.9. The first kappa shape index (κ1) is 16.5. The van der Waals surface area contributed by atoms with Crippen LogP contribution in [0.15, 0.2) is 4.90 Å². The molecule has 0 aliphatic heterocycles. The Bertz CT molecular complexity index is 545. The van der Waals surface area contributed by atoms with E-state index < -0.39 is 23.0 Å². The van der Waals surface area contributed by atoms with Crippen molar-refractivity contribution in [1.29, 1.82) is 0 Å². The van der Waals surface area contributed by atoms with Crippen molar-refractivity contribution in [3.63, 3.8) is 0 Å². The SMILES string of the molecule is Cc1nn(C)c(C)c1S(=O)(=O)N(CCBr)CC(F)F. The van der Waals surface area contributed by atoms with E-state index in [2.05, 4.69) is 21.0 Å². The van der Waals surface area contributed by atoms with E-state index in [0.717, 1.165) is 4.31 Å². The first-order valence-electron chi connectivity index (χ1n) is 5.56. The van der Waals surface area contributed by atoms with E-state index in [1.54, 1.807) is 20.9 Å². The van der Waals surface area contributed by atoms with Gasteiger partial charge in [0.15, 0.2) is 0 Å². The lowest BCUT2D eigenvalue weighted by Gasteiger charge is -2.21. The summed E-state index contributed by atoms with van der Waals surface area (Å²) in [7, 11) is -2.34. The van der Waals surface area contributed by atoms with Gasteiger partial charge in [-0.15, -0.1) is 0 Å². The Kier molecular flexibility index (Phi) is 5.45. The highest BCUT2D eigenvalue weighted by Gasteiger charge is 2.31. The largest absolute Gasteiger partial charge is 0.271 e. The second kappa shape index (κ2) is 6.27. The molecule has 0 atom stereocenters. The first-order chi connectivity index (χ1) is 8.71. The van der Waals surface area contributed by atoms with Crippen LogP contribution in [0.1, 0.15) is 11.4 Å². The van der Waals surface area contributed by atoms with Gasteiger partial charge < -0.3 is 0 Å². The van der Waals surface area contributed by atoms with Gasteiger partial charge in [-0.3, -0.25) is 4.68 Å². The van der Waals surface area contributed by atoms with Crippen molar-refractivity contribution in [3.8, 4) is 0 Å². The Morgan fingerprint density at radius 3 is 2.37 bits per heavy atom. The summed E-state index contributed by atoms with van der Waals surface area (Å²) in [5.41, 5.74) is 0.750. The zero-order chi connectivity index (χ0) is 14.8. The zero-order valence-corrected chi connectivity index (χ0v) is 13.3. The molecule has 0 radical (unpaired) electrons. The van der Waals surface area contributed by atoms with Gasteiger partial charge in [0.05, 0.1) is 17.9 Å². The van der Waals surface area contributed by atoms with Gasteiger partial charge in [0, 0.05) is 18.9 Å². The van der Waals surface area contributed by atoms with Crippen LogP contribution in [0.2, 0.25) is 0 Å². The fourth-order valence-corrected chi connectivity index (χ4v) is 4.30. The standard InChI is InChI=1S/C10H16BrF2N3O2S/c1-7-10(8(2)15(3)14-7)19(17,18)16(5-4-11)6-9(12)13/h9H,4-6H2,1-3H3. The van der Waals surface area contributed by atoms with Gasteiger partial charge in [0.1, 0.15) is 4.90 Å². The molecule has 0 amide bonds. The van der Waals surface area contributed by atoms with Crippen molar-refractivity contribution in [2.24, 2.45) is 7.05 Å². The van der Waals surface area contributed by atoms with Crippen LogP contribution in [0.3, 0.4) is 0 Å². The van der Waals surface area contributed by atoms with Gasteiger partial charge in [-0.2, -0.15) is 9.40 Å². The Balaban J connectivity index is 3.26. The second-order valence-corrected chi connectivity index (χ2v) is 6.73. The van der Waals surface area contributed by atoms with E-state index in [1.165, 1.54) is 4.68 Å². The Hall–Kier alpha value is -0.540. The van der Waals surface area contributed by atoms with Crippen LogP contribution in [0.4, 0.5) is 8.78 Å². The first-order valence-corrected chi connectivity index (χ1v) is 8.12. The molecule has 5 nitrogen and oxygen atoms in total. The van der Waals surface area contributed by atoms with E-state index >= 15 is 0 Å². The highest BCUT2D eigenvalue weighted by molar-refractivity contribution is 9.09. The summed E-state index contributed by atoms with van der Waals surface area (Å²) < 4.78 is 52.1. The third-order valence-corrected chi connectivity index (χ3v) is 5.19. The molecule has 0 bridgehead atoms. The van der Waals surface area contributed by atoms with Crippen LogP contribution >= 0.6 is 15.9 Å². The summed E-state index contributed by atoms with van der Waals surface area (Å²) in [4.78, 5) is 0.0107. The summed E-state index contributed by atoms with van der Waals surface area (Å²) in [6, 6.07) is 0. The number of halogens is 3. The van der Waals surface area contributed by atoms with E-state index in [1.807, 2.05) is 0 Å². The van der Waals surface area contributed by atoms with Gasteiger partial charge in [-0.05, 0) is 13.8 Å². The average Bonchev–Trinajstić information content (AvgIpc) is 2.52. The van der Waals surface area contributed by atoms with Crippen molar-refractivity contribution in [2.45, 2.75) is 25.2 Å². The fourth-order valence-electron chi connectivity index (χ4n) is 1.81. The highest BCUT2D eigenvalue weighted by Crippen LogP contribution is 2.23. The van der Waals surface area contributed by atoms with Crippen molar-refractivity contribution in [1.82, 2.24) is 14.1 Å². The topological polar surface area (TPSA) is 55.2 Å². The monoisotopic (exact) mass is 359 g/mol. The third-order valence-electron chi connectivity index (χ3n) is 2.72. The highest BCUT2D eigenvalue weighted by atomic mass is 79.9. The van der Waals surface area contributed by atoms with E-state index in [4.69, 9.17) is 0 Å². The van der Waals surface area contributed by atoms with Gasteiger partial charge in [0.25, 0.3) is 6.43 Å². The van der Waals surface area contributed by atoms with Gasteiger partial charge in [-0.1, -0.05) is 15.9 Å². The Morgan fingerprint density at radius 2 is 2.00 bits per heavy atom. The number of sulfonamides is 1. The average molecular weight is 360 g/mol. The van der Waals surface area contributed by atoms with Gasteiger partial charge >= 0.3 is 0 Å². The number of hydrogen-bond acceptors (Lipinski definition) is 3. The number of aryl methyl sites for hydroxylation is 2. The minimum atomic E-state index is -3.96. The lowest BCUT2D eigenvalue weighted by molar-refractivity contribution is 0.121. The lowest BCUT2D eigenvalue weighted by atomic mass is 10.4. The minimum absolute atomic E-state index is 0.0107. The number of alkyl halides is 3. The minimum Gasteiger partial charge on any atom is -0.271 e. The molecule has 0 saturated heterocycles. The van der Waals surface area contributed by atoms with Crippen LogP contribution in [-0.2, 0) is 17.1 Å². The molecular formula is C10H16BrF2N3O2S. The number of hydrogen-bond donors (Lipinski definition) is 0. The molecule has 0 aliphatic rings. The van der Waals surface area contributed by atoms with E-state index in [-0.39, 0.29) is 16.8 Å². The summed E-state index contributed by atoms with van der Waals surface area (Å²) in [6.45, 7) is 2.32. The van der Waals surface area contributed by atoms with Crippen LogP contribution in [0.5, 0.6) is 0 Å². The third kappa shape index (κ3) is 3.51. The molecule has 0 aromatic carbocycles. The predicted octanol–water partition coefficient (Wildman–Crippen LogP) is 1.69. The summed E-state index contributed by atoms with van der Waals surface area (Å²) >= 11 is 3.08. The van der Waals surface area contributed by atoms with Crippen LogP contribution in [0.25, 0.3) is 0 Å². The van der Waals surface area contributed by atoms with Gasteiger partial charge in [0.2, 0.25) is 10.0 Å². The summed E-state index contributed by atoms with van der Waals surface area (Å²) in [5, 5.41) is 4.30. The van der Waals surface area contributed by atoms with Crippen molar-refractivity contribution in [2.75, 3.05) is 18.4 Å². The van der Waals surface area contributed by atoms with Crippen LogP contribution in [0, 0.1) is 13.8 Å². The lowest BCUT2D eigenvalue weighted by Crippen LogP contribution is -2.37. The smallest absolute Gasteiger partial charge is 0.252 e. The Labute approximate surface area is 119 Å². The molecule has 0 spiro atoms. The maximum absolute atomic E-state index is 12.5. The normalized spacial score (nSPS) is 12.6. The van der Waals surface area contributed by atoms with Crippen molar-refractivity contribution >= 4 is 26.0 Å². The molecule has 1 rings (SSSR count). The number of aromatic nitrogens is 2. The van der Waals surface area contributed by atoms with Crippen LogP contribution < -0.4 is 0 Å². The molecule has 0 saturated carbocycles. The molecule has 0 unspecified atom stereocenters. The molecule has 1 aromatic rings. The molecule has 1 heterocycles. The van der Waals surface area contributed by atoms with Crippen molar-refractivity contribution < 1.29 is 17.2 Å². The van der Waals surface area contributed by atoms with E-state index in [0.29, 0.717) is 11.4 Å². The molecule has 1 aromatic heterocycles. The molecule has 0 aliphatic carbocycles. The fraction of sp³-hybridized carbons (Fsp3) is 0.700. The molecule has 9 heteroatoms. The van der Waals surface area contributed by atoms with Crippen LogP contribution in [-0.4, -0.2) is 47.3 Å². The summed E-state index contributed by atoms with van der Waals surface area (Å²) in [5.74, 6) is 0. The molecular weight excluding hydrogens is 344 g/mol. The molecule has 0 N–H and O–H groups in total. The molecule has 0 fully saturated rings. The predicted molar refractivity (Wildman–Crippen MR) is 71.2 cm³/mol. The number of rotatable bonds is 6. The molecule has 19 heavy (non-hydrogen) atoms. The maximum atomic E-state index is 12.5. The molecule has 110 valence electrons. The van der Waals surface area contributed by atoms with Crippen molar-refractivity contribution in [3.05, 3.63) is 11.4 Å². The quantitative estimate of drug-likeness (QED) is 0.726. The number of nitrogens with zero attached hydrogens (tertiary/aromatic N) is 3. The summed E-state index contributed by atoms with van der Waals surface area (Å²) in [6.07, 6.45) is -2.72. The maximum Gasteiger partial charge on any atom is 0.252 e. The van der Waals surface area contributed by atoms with E-state index in [9.17, 15) is 17.2 Å². The van der Waals surface area contributed by atoms with Gasteiger partial charge in [-0.25, -0.2) is 17.2 Å².